The van der Waals surface area contributed by atoms with Crippen LogP contribution >= 0.6 is 11.6 Å². The molecule has 1 aliphatic rings. The highest BCUT2D eigenvalue weighted by Crippen LogP contribution is 2.49. The van der Waals surface area contributed by atoms with Crippen LogP contribution < -0.4 is 4.74 Å². The normalized spacial score (nSPS) is 16.2. The van der Waals surface area contributed by atoms with Crippen molar-refractivity contribution in [2.24, 2.45) is 0 Å². The van der Waals surface area contributed by atoms with Gasteiger partial charge in [0.2, 0.25) is 0 Å². The van der Waals surface area contributed by atoms with Crippen LogP contribution in [0, 0.1) is 0 Å². The zero-order chi connectivity index (χ0) is 18.1. The second-order valence-corrected chi connectivity index (χ2v) is 6.09. The van der Waals surface area contributed by atoms with Crippen LogP contribution in [0.1, 0.15) is 30.9 Å². The average molecular weight is 361 g/mol. The number of hydrogen-bond donors (Lipinski definition) is 2. The number of carbonyl (C=O) groups excluding carboxylic acids is 1. The lowest BCUT2D eigenvalue weighted by molar-refractivity contribution is -0.139. The van der Waals surface area contributed by atoms with Crippen molar-refractivity contribution in [2.45, 2.75) is 19.8 Å². The van der Waals surface area contributed by atoms with Crippen molar-refractivity contribution in [1.82, 2.24) is 0 Å². The van der Waals surface area contributed by atoms with E-state index in [1.165, 1.54) is 12.1 Å². The largest absolute Gasteiger partial charge is 0.508 e. The monoisotopic (exact) mass is 360 g/mol. The second kappa shape index (κ2) is 6.69. The van der Waals surface area contributed by atoms with Gasteiger partial charge in [-0.3, -0.25) is 0 Å². The first kappa shape index (κ1) is 17.2. The Hall–Kier alpha value is -2.66. The molecule has 130 valence electrons. The molecule has 1 heterocycles. The van der Waals surface area contributed by atoms with Gasteiger partial charge in [0, 0.05) is 22.7 Å². The Bertz CT molecular complexity index is 855. The molecule has 25 heavy (non-hydrogen) atoms. The number of phenolic OH excluding ortho intramolecular Hbond substituents is 2. The first-order valence-corrected chi connectivity index (χ1v) is 8.17. The van der Waals surface area contributed by atoms with E-state index in [0.717, 1.165) is 5.56 Å². The summed E-state index contributed by atoms with van der Waals surface area (Å²) in [5.74, 6) is -0.750. The number of halogens is 1. The average Bonchev–Trinajstić information content (AvgIpc) is 2.54. The first-order chi connectivity index (χ1) is 11.9. The van der Waals surface area contributed by atoms with Crippen molar-refractivity contribution in [1.29, 1.82) is 0 Å². The van der Waals surface area contributed by atoms with Crippen molar-refractivity contribution in [3.63, 3.8) is 0 Å². The van der Waals surface area contributed by atoms with Crippen LogP contribution in [0.2, 0.25) is 5.02 Å². The van der Waals surface area contributed by atoms with Gasteiger partial charge in [-0.15, -0.1) is 0 Å². The van der Waals surface area contributed by atoms with Gasteiger partial charge in [-0.25, -0.2) is 4.79 Å². The lowest BCUT2D eigenvalue weighted by Gasteiger charge is -2.29. The minimum Gasteiger partial charge on any atom is -0.508 e. The molecule has 0 amide bonds. The maximum absolute atomic E-state index is 12.5. The van der Waals surface area contributed by atoms with Crippen LogP contribution in [0.5, 0.6) is 17.2 Å². The van der Waals surface area contributed by atoms with Crippen molar-refractivity contribution in [3.8, 4) is 17.2 Å². The van der Waals surface area contributed by atoms with Gasteiger partial charge in [0.1, 0.15) is 23.0 Å². The van der Waals surface area contributed by atoms with E-state index in [1.807, 2.05) is 0 Å². The summed E-state index contributed by atoms with van der Waals surface area (Å²) < 4.78 is 10.9. The number of rotatable bonds is 3. The minimum atomic E-state index is -0.597. The highest BCUT2D eigenvalue weighted by molar-refractivity contribution is 6.30. The van der Waals surface area contributed by atoms with Crippen molar-refractivity contribution in [3.05, 3.63) is 63.9 Å². The topological polar surface area (TPSA) is 76.0 Å². The summed E-state index contributed by atoms with van der Waals surface area (Å²) in [6, 6.07) is 9.60. The molecule has 3 rings (SSSR count). The molecule has 1 aliphatic heterocycles. The third-order valence-electron chi connectivity index (χ3n) is 4.02. The molecule has 0 aromatic heterocycles. The molecule has 0 saturated carbocycles. The number of esters is 1. The molecular formula is C19H17ClO5. The Labute approximate surface area is 150 Å². The van der Waals surface area contributed by atoms with Gasteiger partial charge in [-0.1, -0.05) is 23.7 Å². The van der Waals surface area contributed by atoms with E-state index in [9.17, 15) is 15.0 Å². The number of phenols is 2. The standard InChI is InChI=1S/C19H17ClO5/c1-3-24-19(23)16-10(2)25-15-9-13(21)8-14(22)18(15)17(16)11-4-6-12(20)7-5-11/h4-9,17,21-22H,3H2,1-2H3. The summed E-state index contributed by atoms with van der Waals surface area (Å²) in [4.78, 5) is 12.5. The maximum atomic E-state index is 12.5. The molecule has 0 aliphatic carbocycles. The molecule has 0 spiro atoms. The minimum absolute atomic E-state index is 0.126. The Kier molecular flexibility index (Phi) is 4.59. The number of allylic oxidation sites excluding steroid dienone is 1. The van der Waals surface area contributed by atoms with Gasteiger partial charge >= 0.3 is 5.97 Å². The molecule has 2 aromatic carbocycles. The molecule has 5 nitrogen and oxygen atoms in total. The van der Waals surface area contributed by atoms with E-state index in [0.29, 0.717) is 27.7 Å². The first-order valence-electron chi connectivity index (χ1n) is 7.79. The summed E-state index contributed by atoms with van der Waals surface area (Å²) in [5, 5.41) is 20.7. The smallest absolute Gasteiger partial charge is 0.338 e. The van der Waals surface area contributed by atoms with E-state index < -0.39 is 11.9 Å². The van der Waals surface area contributed by atoms with E-state index in [1.54, 1.807) is 38.1 Å². The molecule has 6 heteroatoms. The molecule has 0 radical (unpaired) electrons. The molecule has 1 atom stereocenters. The number of aromatic hydroxyl groups is 2. The van der Waals surface area contributed by atoms with Gasteiger partial charge in [-0.2, -0.15) is 0 Å². The van der Waals surface area contributed by atoms with Crippen molar-refractivity contribution >= 4 is 17.6 Å². The zero-order valence-corrected chi connectivity index (χ0v) is 14.5. The fourth-order valence-electron chi connectivity index (χ4n) is 3.00. The lowest BCUT2D eigenvalue weighted by Crippen LogP contribution is -2.23. The Morgan fingerprint density at radius 2 is 1.92 bits per heavy atom. The molecule has 0 saturated heterocycles. The van der Waals surface area contributed by atoms with E-state index in [-0.39, 0.29) is 18.1 Å². The summed E-state index contributed by atoms with van der Waals surface area (Å²) in [7, 11) is 0. The highest BCUT2D eigenvalue weighted by atomic mass is 35.5. The molecule has 0 fully saturated rings. The van der Waals surface area contributed by atoms with Crippen LogP contribution in [0.3, 0.4) is 0 Å². The van der Waals surface area contributed by atoms with Crippen LogP contribution in [0.15, 0.2) is 47.7 Å². The highest BCUT2D eigenvalue weighted by Gasteiger charge is 2.37. The van der Waals surface area contributed by atoms with Gasteiger partial charge in [0.25, 0.3) is 0 Å². The van der Waals surface area contributed by atoms with Gasteiger partial charge in [0.05, 0.1) is 18.1 Å². The Morgan fingerprint density at radius 1 is 1.24 bits per heavy atom. The third-order valence-corrected chi connectivity index (χ3v) is 4.28. The summed E-state index contributed by atoms with van der Waals surface area (Å²) >= 11 is 5.97. The van der Waals surface area contributed by atoms with E-state index >= 15 is 0 Å². The number of benzene rings is 2. The lowest BCUT2D eigenvalue weighted by atomic mass is 9.81. The number of fused-ring (bicyclic) bond motifs is 1. The van der Waals surface area contributed by atoms with Crippen molar-refractivity contribution in [2.75, 3.05) is 6.61 Å². The van der Waals surface area contributed by atoms with Gasteiger partial charge in [0.15, 0.2) is 0 Å². The van der Waals surface area contributed by atoms with Crippen molar-refractivity contribution < 1.29 is 24.5 Å². The fourth-order valence-corrected chi connectivity index (χ4v) is 3.12. The quantitative estimate of drug-likeness (QED) is 0.805. The van der Waals surface area contributed by atoms with Crippen LogP contribution in [-0.4, -0.2) is 22.8 Å². The number of ether oxygens (including phenoxy) is 2. The molecule has 1 unspecified atom stereocenters. The summed E-state index contributed by atoms with van der Waals surface area (Å²) in [5.41, 5.74) is 1.45. The zero-order valence-electron chi connectivity index (χ0n) is 13.7. The second-order valence-electron chi connectivity index (χ2n) is 5.65. The molecule has 0 bridgehead atoms. The van der Waals surface area contributed by atoms with Crippen LogP contribution in [0.4, 0.5) is 0 Å². The van der Waals surface area contributed by atoms with E-state index in [4.69, 9.17) is 21.1 Å². The maximum Gasteiger partial charge on any atom is 0.338 e. The summed E-state index contributed by atoms with van der Waals surface area (Å²) in [6.45, 7) is 3.59. The number of carbonyl (C=O) groups is 1. The molecule has 2 aromatic rings. The molecule has 2 N–H and O–H groups in total. The van der Waals surface area contributed by atoms with E-state index in [2.05, 4.69) is 0 Å². The van der Waals surface area contributed by atoms with Crippen LogP contribution in [0.25, 0.3) is 0 Å². The summed E-state index contributed by atoms with van der Waals surface area (Å²) in [6.07, 6.45) is 0. The van der Waals surface area contributed by atoms with Gasteiger partial charge in [-0.05, 0) is 31.5 Å². The van der Waals surface area contributed by atoms with Crippen LogP contribution in [-0.2, 0) is 9.53 Å². The molecular weight excluding hydrogens is 344 g/mol. The Morgan fingerprint density at radius 3 is 2.56 bits per heavy atom. The fraction of sp³-hybridized carbons (Fsp3) is 0.211. The predicted molar refractivity (Wildman–Crippen MR) is 93.0 cm³/mol. The SMILES string of the molecule is CCOC(=O)C1=C(C)Oc2cc(O)cc(O)c2C1c1ccc(Cl)cc1. The predicted octanol–water partition coefficient (Wildman–Crippen LogP) is 4.11. The van der Waals surface area contributed by atoms with Gasteiger partial charge < -0.3 is 19.7 Å². The Balaban J connectivity index is 2.24. The number of hydrogen-bond acceptors (Lipinski definition) is 5. The third kappa shape index (κ3) is 3.15.